The Morgan fingerprint density at radius 2 is 1.20 bits per heavy atom. The van der Waals surface area contributed by atoms with Gasteiger partial charge >= 0.3 is 29.8 Å². The summed E-state index contributed by atoms with van der Waals surface area (Å²) < 4.78 is 0. The van der Waals surface area contributed by atoms with Gasteiger partial charge in [-0.05, 0) is 112 Å². The Balaban J connectivity index is 1.46. The van der Waals surface area contributed by atoms with Crippen LogP contribution in [0.1, 0.15) is 123 Å². The smallest absolute Gasteiger partial charge is 0.330 e. The molecule has 0 aromatic heterocycles. The summed E-state index contributed by atoms with van der Waals surface area (Å²) in [6, 6.07) is -4.74. The lowest BCUT2D eigenvalue weighted by atomic mass is 9.41. The summed E-state index contributed by atoms with van der Waals surface area (Å²) in [5.74, 6) is -6.77. The monoisotopic (exact) mass is 834 g/mol. The van der Waals surface area contributed by atoms with Crippen molar-refractivity contribution in [3.63, 3.8) is 0 Å². The molecule has 0 heterocycles. The average molecular weight is 835 g/mol. The molecule has 10 atom stereocenters. The highest BCUT2D eigenvalue weighted by Crippen LogP contribution is 2.73. The Hall–Kier alpha value is -4.75. The van der Waals surface area contributed by atoms with E-state index >= 15 is 0 Å². The molecule has 8 N–H and O–H groups in total. The predicted molar refractivity (Wildman–Crippen MR) is 204 cm³/mol. The van der Waals surface area contributed by atoms with Crippen LogP contribution in [0.25, 0.3) is 0 Å². The summed E-state index contributed by atoms with van der Waals surface area (Å²) >= 11 is 0. The van der Waals surface area contributed by atoms with Crippen LogP contribution in [0.3, 0.4) is 0 Å². The van der Waals surface area contributed by atoms with Gasteiger partial charge in [0.2, 0.25) is 11.8 Å². The highest BCUT2D eigenvalue weighted by molar-refractivity contribution is 5.86. The van der Waals surface area contributed by atoms with Gasteiger partial charge in [-0.2, -0.15) is 5.48 Å². The first-order valence-corrected chi connectivity index (χ1v) is 20.2. The zero-order valence-corrected chi connectivity index (χ0v) is 33.6. The predicted octanol–water partition coefficient (Wildman–Crippen LogP) is 2.21. The number of nitrogens with one attached hydrogen (secondary N) is 4. The number of amides is 2. The van der Waals surface area contributed by atoms with Crippen molar-refractivity contribution in [2.75, 3.05) is 0 Å². The van der Waals surface area contributed by atoms with Gasteiger partial charge in [0.1, 0.15) is 30.3 Å². The van der Waals surface area contributed by atoms with Gasteiger partial charge < -0.3 is 45.5 Å². The van der Waals surface area contributed by atoms with Crippen LogP contribution in [0.5, 0.6) is 0 Å². The van der Waals surface area contributed by atoms with Crippen LogP contribution in [0.2, 0.25) is 0 Å². The van der Waals surface area contributed by atoms with E-state index < -0.39 is 83.3 Å². The molecule has 4 fully saturated rings. The fraction of sp³-hybridized carbons (Fsp3) is 0.725. The van der Waals surface area contributed by atoms with Gasteiger partial charge in [0.25, 0.3) is 0 Å². The summed E-state index contributed by atoms with van der Waals surface area (Å²) in [6.45, 7) is 8.46. The van der Waals surface area contributed by atoms with E-state index in [9.17, 15) is 53.4 Å². The van der Waals surface area contributed by atoms with Gasteiger partial charge in [-0.25, -0.2) is 4.79 Å². The Morgan fingerprint density at radius 3 is 1.71 bits per heavy atom. The van der Waals surface area contributed by atoms with Crippen LogP contribution in [0.4, 0.5) is 0 Å². The first-order chi connectivity index (χ1) is 27.7. The highest BCUT2D eigenvalue weighted by Gasteiger charge is 2.68. The Labute approximate surface area is 341 Å². The standard InChI is InChI=1S/C40H58N4O15/c1-23-19-39-17-13-28-37(2,15-4-16-38(28,3)36(57)58-43-26(7-11-32(51)52)34(55)41-24(20-45)5-9-30(47)48)29(39)14-18-40(23,22-39)59-44-27(8-12-33(53)54)35(56)42-25(21-46)6-10-31(49)50/h20-21,24-29,43-44H,1,4-19,22H2,2-3H3,(H,41,55)(H,42,56)(H,47,48)(H,49,50)(H,51,52)(H,53,54)/t24-,25-,26-,27-,28?,29?,37?,38?,39?,40?/m0/s1. The molecule has 59 heavy (non-hydrogen) atoms. The van der Waals surface area contributed by atoms with Gasteiger partial charge in [-0.3, -0.25) is 33.6 Å². The van der Waals surface area contributed by atoms with Crippen molar-refractivity contribution < 1.29 is 73.3 Å². The second-order valence-electron chi connectivity index (χ2n) is 17.3. The molecule has 0 saturated heterocycles. The van der Waals surface area contributed by atoms with Crippen molar-refractivity contribution in [1.29, 1.82) is 0 Å². The molecular weight excluding hydrogens is 776 g/mol. The SMILES string of the molecule is C=C1CC23CCC4C(C)(C(=O)ON[C@@H](CCC(=O)O)C(=O)N[C@H](C=O)CCC(=O)O)CCCC4(C)C2CCC1(ON[C@@H](CCC(=O)O)C(=O)N[C@H](C=O)CCC(=O)O)C3. The van der Waals surface area contributed by atoms with Gasteiger partial charge in [-0.15, -0.1) is 5.48 Å². The average Bonchev–Trinajstić information content (AvgIpc) is 3.37. The number of hydroxylamine groups is 2. The largest absolute Gasteiger partial charge is 0.481 e. The van der Waals surface area contributed by atoms with Crippen molar-refractivity contribution in [2.45, 2.75) is 153 Å². The summed E-state index contributed by atoms with van der Waals surface area (Å²) in [4.78, 5) is 120. The molecule has 2 amide bonds. The van der Waals surface area contributed by atoms with Crippen LogP contribution >= 0.6 is 0 Å². The first kappa shape index (κ1) is 46.9. The third-order valence-electron chi connectivity index (χ3n) is 13.5. The molecule has 0 aromatic carbocycles. The molecule has 0 aliphatic heterocycles. The molecule has 0 radical (unpaired) electrons. The number of fused-ring (bicyclic) bond motifs is 3. The van der Waals surface area contributed by atoms with E-state index in [2.05, 4.69) is 35.1 Å². The van der Waals surface area contributed by atoms with E-state index in [-0.39, 0.29) is 67.6 Å². The van der Waals surface area contributed by atoms with Crippen LogP contribution in [0.15, 0.2) is 12.2 Å². The summed E-state index contributed by atoms with van der Waals surface area (Å²) in [5, 5.41) is 41.5. The summed E-state index contributed by atoms with van der Waals surface area (Å²) in [7, 11) is 0. The van der Waals surface area contributed by atoms with Gasteiger partial charge in [0.15, 0.2) is 0 Å². The summed E-state index contributed by atoms with van der Waals surface area (Å²) in [6.07, 6.45) is 4.32. The summed E-state index contributed by atoms with van der Waals surface area (Å²) in [5.41, 5.74) is 3.65. The Bertz CT molecular complexity index is 1670. The van der Waals surface area contributed by atoms with E-state index in [0.29, 0.717) is 57.5 Å². The fourth-order valence-corrected chi connectivity index (χ4v) is 10.7. The minimum atomic E-state index is -1.33. The number of carboxylic acid groups (broad SMARTS) is 4. The number of hydrogen-bond donors (Lipinski definition) is 8. The lowest BCUT2D eigenvalue weighted by Crippen LogP contribution is -2.60. The quantitative estimate of drug-likeness (QED) is 0.0393. The molecule has 19 nitrogen and oxygen atoms in total. The van der Waals surface area contributed by atoms with E-state index in [1.807, 2.05) is 6.92 Å². The number of aliphatic carboxylic acids is 4. The van der Waals surface area contributed by atoms with Crippen molar-refractivity contribution in [1.82, 2.24) is 21.6 Å². The first-order valence-electron chi connectivity index (χ1n) is 20.2. The lowest BCUT2D eigenvalue weighted by molar-refractivity contribution is -0.204. The molecule has 4 saturated carbocycles. The van der Waals surface area contributed by atoms with Crippen LogP contribution in [0, 0.1) is 28.1 Å². The molecule has 6 unspecified atom stereocenters. The number of carbonyl (C=O) groups excluding carboxylic acids is 5. The van der Waals surface area contributed by atoms with E-state index in [1.54, 1.807) is 0 Å². The van der Waals surface area contributed by atoms with Crippen molar-refractivity contribution >= 4 is 54.2 Å². The number of aldehydes is 2. The third-order valence-corrected chi connectivity index (χ3v) is 13.5. The second kappa shape index (κ2) is 19.5. The molecule has 2 bridgehead atoms. The minimum Gasteiger partial charge on any atom is -0.481 e. The number of rotatable bonds is 24. The van der Waals surface area contributed by atoms with Crippen molar-refractivity contribution in [2.24, 2.45) is 28.1 Å². The van der Waals surface area contributed by atoms with Crippen LogP contribution < -0.4 is 21.6 Å². The fourth-order valence-electron chi connectivity index (χ4n) is 10.7. The molecule has 4 rings (SSSR count). The molecule has 328 valence electrons. The zero-order chi connectivity index (χ0) is 43.8. The highest BCUT2D eigenvalue weighted by atomic mass is 16.7. The van der Waals surface area contributed by atoms with Crippen LogP contribution in [-0.4, -0.2) is 104 Å². The molecule has 1 spiro atoms. The number of hydrogen-bond acceptors (Lipinski definition) is 13. The third kappa shape index (κ3) is 10.9. The minimum absolute atomic E-state index is 0.133. The topological polar surface area (TPSA) is 301 Å². The molecule has 4 aliphatic rings. The Morgan fingerprint density at radius 1 is 0.712 bits per heavy atom. The maximum absolute atomic E-state index is 14.1. The van der Waals surface area contributed by atoms with E-state index in [4.69, 9.17) is 19.9 Å². The number of carbonyl (C=O) groups is 9. The Kier molecular flexibility index (Phi) is 15.5. The molecule has 0 aromatic rings. The molecule has 19 heteroatoms. The normalized spacial score (nSPS) is 30.2. The van der Waals surface area contributed by atoms with E-state index in [1.165, 1.54) is 0 Å². The van der Waals surface area contributed by atoms with Gasteiger partial charge in [0.05, 0.1) is 17.5 Å². The van der Waals surface area contributed by atoms with Gasteiger partial charge in [-0.1, -0.05) is 19.9 Å². The van der Waals surface area contributed by atoms with Gasteiger partial charge in [0, 0.05) is 25.7 Å². The second-order valence-corrected chi connectivity index (χ2v) is 17.3. The number of carboxylic acids is 4. The van der Waals surface area contributed by atoms with Crippen LogP contribution in [-0.2, 0) is 52.8 Å². The van der Waals surface area contributed by atoms with E-state index in [0.717, 1.165) is 18.4 Å². The van der Waals surface area contributed by atoms with Crippen molar-refractivity contribution in [3.05, 3.63) is 12.2 Å². The van der Waals surface area contributed by atoms with Crippen molar-refractivity contribution in [3.8, 4) is 0 Å². The maximum Gasteiger partial charge on any atom is 0.330 e. The lowest BCUT2D eigenvalue weighted by Gasteiger charge is -2.63. The zero-order valence-electron chi connectivity index (χ0n) is 33.6. The maximum atomic E-state index is 14.1. The molecular formula is C40H58N4O15. The molecule has 4 aliphatic carbocycles.